The van der Waals surface area contributed by atoms with E-state index in [0.29, 0.717) is 0 Å². The van der Waals surface area contributed by atoms with E-state index in [4.69, 9.17) is 9.98 Å². The second kappa shape index (κ2) is 13.5. The maximum atomic E-state index is 5.27. The highest BCUT2D eigenvalue weighted by atomic mass is 32.2. The van der Waals surface area contributed by atoms with Crippen LogP contribution in [-0.4, -0.2) is 20.8 Å². The molecule has 300 valence electrons. The van der Waals surface area contributed by atoms with Crippen LogP contribution in [0.4, 0.5) is 0 Å². The summed E-state index contributed by atoms with van der Waals surface area (Å²) in [6.45, 7) is 0. The van der Waals surface area contributed by atoms with Crippen LogP contribution >= 0.6 is 11.8 Å². The molecular weight excluding hydrogens is 799 g/mol. The fraction of sp³-hybridized carbons (Fsp3) is 0.0345. The summed E-state index contributed by atoms with van der Waals surface area (Å²) >= 11 is 1.90. The highest BCUT2D eigenvalue weighted by Crippen LogP contribution is 2.62. The summed E-state index contributed by atoms with van der Waals surface area (Å²) in [5, 5.41) is 8.57. The highest BCUT2D eigenvalue weighted by molar-refractivity contribution is 7.99. The van der Waals surface area contributed by atoms with Crippen molar-refractivity contribution in [2.75, 3.05) is 0 Å². The third-order valence-corrected chi connectivity index (χ3v) is 14.8. The zero-order valence-corrected chi connectivity index (χ0v) is 35.3. The largest absolute Gasteiger partial charge is 0.324 e. The molecule has 9 aromatic carbocycles. The number of hydrogen-bond acceptors (Lipinski definition) is 4. The van der Waals surface area contributed by atoms with E-state index in [0.717, 1.165) is 39.6 Å². The van der Waals surface area contributed by atoms with E-state index in [1.165, 1.54) is 75.8 Å². The first kappa shape index (κ1) is 35.6. The minimum absolute atomic E-state index is 0.455. The van der Waals surface area contributed by atoms with Gasteiger partial charge in [-0.15, -0.1) is 0 Å². The summed E-state index contributed by atoms with van der Waals surface area (Å²) in [6.07, 6.45) is -0.455. The van der Waals surface area contributed by atoms with E-state index in [2.05, 4.69) is 215 Å². The maximum Gasteiger partial charge on any atom is 0.169 e. The standard InChI is InChI=1S/C58H37N5S/c1-3-17-36(18-4-1)55-59-56(37-19-5-2-6-20-37)61-57(60-55)38-21-15-22-39(35-38)62-48-29-11-7-24-41(48)43-33-34-47-54(53(43)62)64-51-32-14-10-27-45(51)58(47)44-26-9-13-31-50(44)63-49-30-12-8-23-40(49)42-25-16-28-46(58)52(42)63/h1-35,57H,(H,59,60,61). The lowest BCUT2D eigenvalue weighted by Crippen LogP contribution is -2.37. The Bertz CT molecular complexity index is 3750. The molecule has 1 N–H and O–H groups in total. The molecule has 6 heteroatoms. The van der Waals surface area contributed by atoms with Gasteiger partial charge < -0.3 is 14.5 Å². The number of benzene rings is 9. The third-order valence-electron chi connectivity index (χ3n) is 13.6. The first-order valence-corrected chi connectivity index (χ1v) is 22.7. The molecule has 3 aliphatic rings. The monoisotopic (exact) mass is 835 g/mol. The van der Waals surface area contributed by atoms with Gasteiger partial charge in [-0.2, -0.15) is 0 Å². The number of nitrogens with zero attached hydrogens (tertiary/aromatic N) is 4. The number of rotatable bonds is 4. The summed E-state index contributed by atoms with van der Waals surface area (Å²) in [5.41, 5.74) is 14.9. The number of aliphatic imine (C=N–C) groups is 2. The summed E-state index contributed by atoms with van der Waals surface area (Å²) in [6, 6.07) is 77.3. The highest BCUT2D eigenvalue weighted by Gasteiger charge is 2.50. The molecule has 3 aliphatic heterocycles. The van der Waals surface area contributed by atoms with Gasteiger partial charge in [-0.3, -0.25) is 0 Å². The van der Waals surface area contributed by atoms with Gasteiger partial charge in [0.1, 0.15) is 11.7 Å². The maximum absolute atomic E-state index is 5.27. The molecule has 5 heterocycles. The van der Waals surface area contributed by atoms with Crippen molar-refractivity contribution in [1.29, 1.82) is 0 Å². The first-order chi connectivity index (χ1) is 31.8. The number of para-hydroxylation sites is 4. The van der Waals surface area contributed by atoms with Crippen molar-refractivity contribution in [2.24, 2.45) is 9.98 Å². The van der Waals surface area contributed by atoms with Gasteiger partial charge in [0.05, 0.1) is 33.2 Å². The minimum Gasteiger partial charge on any atom is -0.324 e. The zero-order valence-electron chi connectivity index (χ0n) is 34.5. The number of amidine groups is 2. The van der Waals surface area contributed by atoms with Crippen molar-refractivity contribution < 1.29 is 0 Å². The van der Waals surface area contributed by atoms with Gasteiger partial charge in [0, 0.05) is 53.7 Å². The Morgan fingerprint density at radius 3 is 1.77 bits per heavy atom. The summed E-state index contributed by atoms with van der Waals surface area (Å²) in [4.78, 5) is 13.1. The zero-order chi connectivity index (χ0) is 41.9. The Labute approximate surface area is 373 Å². The molecule has 0 saturated heterocycles. The Morgan fingerprint density at radius 1 is 0.438 bits per heavy atom. The third kappa shape index (κ3) is 4.86. The van der Waals surface area contributed by atoms with Crippen molar-refractivity contribution in [3.63, 3.8) is 0 Å². The van der Waals surface area contributed by atoms with Crippen molar-refractivity contribution >= 4 is 67.0 Å². The second-order valence-electron chi connectivity index (χ2n) is 16.9. The predicted molar refractivity (Wildman–Crippen MR) is 263 cm³/mol. The summed E-state index contributed by atoms with van der Waals surface area (Å²) in [7, 11) is 0. The molecule has 1 spiro atoms. The fourth-order valence-corrected chi connectivity index (χ4v) is 12.3. The van der Waals surface area contributed by atoms with Crippen LogP contribution in [0.2, 0.25) is 0 Å². The lowest BCUT2D eigenvalue weighted by Gasteiger charge is -2.45. The molecule has 1 atom stereocenters. The van der Waals surface area contributed by atoms with E-state index in [1.807, 2.05) is 23.9 Å². The van der Waals surface area contributed by atoms with Crippen LogP contribution in [0.3, 0.4) is 0 Å². The van der Waals surface area contributed by atoms with Gasteiger partial charge in [-0.1, -0.05) is 188 Å². The Kier molecular flexibility index (Phi) is 7.54. The number of nitrogens with one attached hydrogen (secondary N) is 1. The summed E-state index contributed by atoms with van der Waals surface area (Å²) < 4.78 is 5.02. The van der Waals surface area contributed by atoms with E-state index < -0.39 is 11.6 Å². The van der Waals surface area contributed by atoms with Crippen LogP contribution in [0.15, 0.2) is 232 Å². The molecule has 14 rings (SSSR count). The molecule has 5 nitrogen and oxygen atoms in total. The van der Waals surface area contributed by atoms with Gasteiger partial charge in [0.2, 0.25) is 0 Å². The van der Waals surface area contributed by atoms with Crippen LogP contribution in [0.1, 0.15) is 45.1 Å². The molecule has 0 aliphatic carbocycles. The first-order valence-electron chi connectivity index (χ1n) is 21.9. The normalized spacial score (nSPS) is 16.4. The van der Waals surface area contributed by atoms with Gasteiger partial charge in [0.15, 0.2) is 6.17 Å². The van der Waals surface area contributed by atoms with Crippen molar-refractivity contribution in [2.45, 2.75) is 21.4 Å². The lowest BCUT2D eigenvalue weighted by molar-refractivity contribution is 0.691. The SMILES string of the molecule is c1ccc(C2=NC(c3cccc(-n4c5ccccc5c5ccc6c(c54)Sc4ccccc4C64c5ccccc5-n5c6ccccc6c6cccc4c65)c3)N=C(c3ccccc3)N2)cc1. The van der Waals surface area contributed by atoms with Crippen molar-refractivity contribution in [1.82, 2.24) is 14.5 Å². The molecule has 2 aromatic heterocycles. The lowest BCUT2D eigenvalue weighted by atomic mass is 9.62. The number of fused-ring (bicyclic) bond motifs is 15. The number of hydrogen-bond donors (Lipinski definition) is 1. The van der Waals surface area contributed by atoms with Crippen LogP contribution in [0, 0.1) is 0 Å². The molecule has 0 amide bonds. The Hall–Kier alpha value is -7.93. The van der Waals surface area contributed by atoms with Crippen LogP contribution < -0.4 is 5.32 Å². The quantitative estimate of drug-likeness (QED) is 0.192. The van der Waals surface area contributed by atoms with E-state index in [9.17, 15) is 0 Å². The van der Waals surface area contributed by atoms with E-state index >= 15 is 0 Å². The second-order valence-corrected chi connectivity index (χ2v) is 17.9. The smallest absolute Gasteiger partial charge is 0.169 e. The Morgan fingerprint density at radius 2 is 1.02 bits per heavy atom. The van der Waals surface area contributed by atoms with Crippen LogP contribution in [-0.2, 0) is 5.41 Å². The van der Waals surface area contributed by atoms with Gasteiger partial charge in [-0.05, 0) is 58.7 Å². The molecule has 0 fully saturated rings. The number of aromatic nitrogens is 2. The molecule has 0 saturated carbocycles. The van der Waals surface area contributed by atoms with Gasteiger partial charge in [0.25, 0.3) is 0 Å². The van der Waals surface area contributed by atoms with Crippen molar-refractivity contribution in [3.05, 3.63) is 251 Å². The van der Waals surface area contributed by atoms with E-state index in [1.54, 1.807) is 0 Å². The molecule has 11 aromatic rings. The van der Waals surface area contributed by atoms with Crippen molar-refractivity contribution in [3.8, 4) is 11.4 Å². The molecule has 0 radical (unpaired) electrons. The molecule has 64 heavy (non-hydrogen) atoms. The fourth-order valence-electron chi connectivity index (χ4n) is 11.0. The molecule has 0 bridgehead atoms. The topological polar surface area (TPSA) is 46.6 Å². The molecule has 1 unspecified atom stereocenters. The van der Waals surface area contributed by atoms with Gasteiger partial charge >= 0.3 is 0 Å². The van der Waals surface area contributed by atoms with Gasteiger partial charge in [-0.25, -0.2) is 9.98 Å². The van der Waals surface area contributed by atoms with E-state index in [-0.39, 0.29) is 0 Å². The summed E-state index contributed by atoms with van der Waals surface area (Å²) in [5.74, 6) is 1.61. The van der Waals surface area contributed by atoms with Crippen LogP contribution in [0.25, 0.3) is 55.0 Å². The Balaban J connectivity index is 1.05. The average molecular weight is 836 g/mol. The van der Waals surface area contributed by atoms with Crippen LogP contribution in [0.5, 0.6) is 0 Å². The average Bonchev–Trinajstić information content (AvgIpc) is 3.90. The predicted octanol–water partition coefficient (Wildman–Crippen LogP) is 13.5. The molecular formula is C58H37N5S. The minimum atomic E-state index is -0.588.